The van der Waals surface area contributed by atoms with Gasteiger partial charge in [0.2, 0.25) is 0 Å². The summed E-state index contributed by atoms with van der Waals surface area (Å²) >= 11 is 1.80. The first-order chi connectivity index (χ1) is 8.36. The van der Waals surface area contributed by atoms with E-state index in [9.17, 15) is 0 Å². The van der Waals surface area contributed by atoms with Gasteiger partial charge in [0.1, 0.15) is 0 Å². The summed E-state index contributed by atoms with van der Waals surface area (Å²) in [4.78, 5) is 8.25. The third-order valence-corrected chi connectivity index (χ3v) is 5.31. The maximum absolute atomic E-state index is 4.18. The second-order valence-electron chi connectivity index (χ2n) is 5.84. The molecule has 0 amide bonds. The van der Waals surface area contributed by atoms with Crippen molar-refractivity contribution in [1.82, 2.24) is 9.88 Å². The Balaban J connectivity index is 1.60. The van der Waals surface area contributed by atoms with Crippen molar-refractivity contribution >= 4 is 11.3 Å². The van der Waals surface area contributed by atoms with Gasteiger partial charge in [0.15, 0.2) is 0 Å². The number of thiazole rings is 1. The van der Waals surface area contributed by atoms with Gasteiger partial charge in [-0.1, -0.05) is 25.7 Å². The molecule has 0 unspecified atom stereocenters. The Labute approximate surface area is 108 Å². The van der Waals surface area contributed by atoms with Crippen LogP contribution in [0.5, 0.6) is 0 Å². The third kappa shape index (κ3) is 2.71. The van der Waals surface area contributed by atoms with Crippen LogP contribution in [-0.2, 0) is 6.54 Å². The molecule has 1 aliphatic heterocycles. The van der Waals surface area contributed by atoms with Gasteiger partial charge in [0.25, 0.3) is 0 Å². The normalized spacial score (nSPS) is 25.2. The lowest BCUT2D eigenvalue weighted by molar-refractivity contribution is 0.225. The van der Waals surface area contributed by atoms with Gasteiger partial charge in [-0.15, -0.1) is 11.3 Å². The molecule has 3 rings (SSSR count). The summed E-state index contributed by atoms with van der Waals surface area (Å²) in [6, 6.07) is 0. The van der Waals surface area contributed by atoms with Crippen molar-refractivity contribution in [3.05, 3.63) is 16.6 Å². The van der Waals surface area contributed by atoms with E-state index in [1.54, 1.807) is 11.3 Å². The van der Waals surface area contributed by atoms with Crippen molar-refractivity contribution in [3.8, 4) is 0 Å². The SMILES string of the molecule is c1ncc(CN2CCC3(CCCCCC3)C2)s1. The maximum atomic E-state index is 4.18. The van der Waals surface area contributed by atoms with E-state index in [0.717, 1.165) is 6.54 Å². The second-order valence-corrected chi connectivity index (χ2v) is 6.81. The Bertz CT molecular complexity index is 339. The van der Waals surface area contributed by atoms with E-state index in [1.165, 1.54) is 62.9 Å². The largest absolute Gasteiger partial charge is 0.298 e. The summed E-state index contributed by atoms with van der Waals surface area (Å²) in [6.07, 6.45) is 12.3. The highest BCUT2D eigenvalue weighted by atomic mass is 32.1. The van der Waals surface area contributed by atoms with Crippen LogP contribution in [0.25, 0.3) is 0 Å². The van der Waals surface area contributed by atoms with Gasteiger partial charge in [-0.25, -0.2) is 0 Å². The van der Waals surface area contributed by atoms with E-state index in [1.807, 2.05) is 11.7 Å². The summed E-state index contributed by atoms with van der Waals surface area (Å²) in [5.74, 6) is 0. The van der Waals surface area contributed by atoms with E-state index >= 15 is 0 Å². The van der Waals surface area contributed by atoms with Crippen molar-refractivity contribution in [2.45, 2.75) is 51.5 Å². The van der Waals surface area contributed by atoms with E-state index < -0.39 is 0 Å². The molecule has 2 nitrogen and oxygen atoms in total. The molecule has 1 aromatic rings. The highest BCUT2D eigenvalue weighted by Crippen LogP contribution is 2.43. The minimum Gasteiger partial charge on any atom is -0.298 e. The minimum absolute atomic E-state index is 0.682. The molecule has 1 saturated carbocycles. The Kier molecular flexibility index (Phi) is 3.48. The van der Waals surface area contributed by atoms with Crippen LogP contribution in [0.15, 0.2) is 11.7 Å². The highest BCUT2D eigenvalue weighted by molar-refractivity contribution is 7.09. The van der Waals surface area contributed by atoms with Crippen LogP contribution in [0.4, 0.5) is 0 Å². The number of nitrogens with zero attached hydrogens (tertiary/aromatic N) is 2. The first-order valence-corrected chi connectivity index (χ1v) is 7.84. The molecule has 0 N–H and O–H groups in total. The van der Waals surface area contributed by atoms with Crippen LogP contribution < -0.4 is 0 Å². The summed E-state index contributed by atoms with van der Waals surface area (Å²) in [6.45, 7) is 3.77. The van der Waals surface area contributed by atoms with Crippen LogP contribution in [0.1, 0.15) is 49.8 Å². The number of hydrogen-bond donors (Lipinski definition) is 0. The monoisotopic (exact) mass is 250 g/mol. The fourth-order valence-electron chi connectivity index (χ4n) is 3.59. The molecule has 1 aliphatic carbocycles. The first kappa shape index (κ1) is 11.7. The Morgan fingerprint density at radius 2 is 2.00 bits per heavy atom. The van der Waals surface area contributed by atoms with E-state index in [4.69, 9.17) is 0 Å². The summed E-state index contributed by atoms with van der Waals surface area (Å²) in [5, 5.41) is 0. The summed E-state index contributed by atoms with van der Waals surface area (Å²) < 4.78 is 0. The number of likely N-dealkylation sites (tertiary alicyclic amines) is 1. The Morgan fingerprint density at radius 3 is 2.71 bits per heavy atom. The maximum Gasteiger partial charge on any atom is 0.0794 e. The molecule has 0 aromatic carbocycles. The smallest absolute Gasteiger partial charge is 0.0794 e. The van der Waals surface area contributed by atoms with Crippen LogP contribution in [-0.4, -0.2) is 23.0 Å². The van der Waals surface area contributed by atoms with Gasteiger partial charge in [0, 0.05) is 24.2 Å². The molecule has 1 saturated heterocycles. The van der Waals surface area contributed by atoms with Crippen molar-refractivity contribution in [1.29, 1.82) is 0 Å². The molecule has 1 spiro atoms. The van der Waals surface area contributed by atoms with Gasteiger partial charge in [-0.05, 0) is 31.2 Å². The van der Waals surface area contributed by atoms with Crippen LogP contribution in [0, 0.1) is 5.41 Å². The van der Waals surface area contributed by atoms with Crippen molar-refractivity contribution in [2.75, 3.05) is 13.1 Å². The lowest BCUT2D eigenvalue weighted by Gasteiger charge is -2.27. The van der Waals surface area contributed by atoms with Gasteiger partial charge in [0.05, 0.1) is 5.51 Å². The molecule has 94 valence electrons. The predicted molar refractivity (Wildman–Crippen MR) is 72.1 cm³/mol. The zero-order chi connectivity index (χ0) is 11.6. The predicted octanol–water partition coefficient (Wildman–Crippen LogP) is 3.69. The molecule has 3 heteroatoms. The van der Waals surface area contributed by atoms with Gasteiger partial charge >= 0.3 is 0 Å². The molecular formula is C14H22N2S. The Morgan fingerprint density at radius 1 is 1.18 bits per heavy atom. The Hall–Kier alpha value is -0.410. The number of rotatable bonds is 2. The average Bonchev–Trinajstić information content (AvgIpc) is 2.89. The fraction of sp³-hybridized carbons (Fsp3) is 0.786. The fourth-order valence-corrected chi connectivity index (χ4v) is 4.23. The molecule has 2 fully saturated rings. The zero-order valence-electron chi connectivity index (χ0n) is 10.5. The minimum atomic E-state index is 0.682. The lowest BCUT2D eigenvalue weighted by atomic mass is 9.80. The van der Waals surface area contributed by atoms with E-state index in [-0.39, 0.29) is 0 Å². The number of hydrogen-bond acceptors (Lipinski definition) is 3. The van der Waals surface area contributed by atoms with Crippen LogP contribution >= 0.6 is 11.3 Å². The highest BCUT2D eigenvalue weighted by Gasteiger charge is 2.37. The second kappa shape index (κ2) is 5.07. The molecule has 2 heterocycles. The van der Waals surface area contributed by atoms with Crippen LogP contribution in [0.2, 0.25) is 0 Å². The molecule has 0 atom stereocenters. The quantitative estimate of drug-likeness (QED) is 0.796. The molecule has 0 bridgehead atoms. The third-order valence-electron chi connectivity index (χ3n) is 4.54. The van der Waals surface area contributed by atoms with Gasteiger partial charge in [-0.3, -0.25) is 9.88 Å². The number of aromatic nitrogens is 1. The standard InChI is InChI=1S/C14H22N2S/c1-2-4-6-14(5-3-1)7-8-16(11-14)10-13-9-15-12-17-13/h9,12H,1-8,10-11H2. The summed E-state index contributed by atoms with van der Waals surface area (Å²) in [5.41, 5.74) is 2.63. The van der Waals surface area contributed by atoms with Crippen molar-refractivity contribution in [2.24, 2.45) is 5.41 Å². The average molecular weight is 250 g/mol. The van der Waals surface area contributed by atoms with Gasteiger partial charge < -0.3 is 0 Å². The van der Waals surface area contributed by atoms with Crippen LogP contribution in [0.3, 0.4) is 0 Å². The van der Waals surface area contributed by atoms with E-state index in [0.29, 0.717) is 5.41 Å². The summed E-state index contributed by atoms with van der Waals surface area (Å²) in [7, 11) is 0. The molecule has 2 aliphatic rings. The van der Waals surface area contributed by atoms with Crippen molar-refractivity contribution < 1.29 is 0 Å². The zero-order valence-corrected chi connectivity index (χ0v) is 11.3. The first-order valence-electron chi connectivity index (χ1n) is 6.96. The topological polar surface area (TPSA) is 16.1 Å². The molecule has 17 heavy (non-hydrogen) atoms. The molecular weight excluding hydrogens is 228 g/mol. The van der Waals surface area contributed by atoms with Crippen molar-refractivity contribution in [3.63, 3.8) is 0 Å². The van der Waals surface area contributed by atoms with Gasteiger partial charge in [-0.2, -0.15) is 0 Å². The molecule has 1 aromatic heterocycles. The van der Waals surface area contributed by atoms with E-state index in [2.05, 4.69) is 9.88 Å². The molecule has 0 radical (unpaired) electrons. The lowest BCUT2D eigenvalue weighted by Crippen LogP contribution is -2.26.